The second kappa shape index (κ2) is 7.33. The number of ether oxygens (including phenoxy) is 2. The van der Waals surface area contributed by atoms with Crippen LogP contribution < -0.4 is 14.2 Å². The Morgan fingerprint density at radius 3 is 2.62 bits per heavy atom. The number of hydrogen-bond donors (Lipinski definition) is 1. The van der Waals surface area contributed by atoms with E-state index < -0.39 is 27.7 Å². The van der Waals surface area contributed by atoms with E-state index in [1.165, 1.54) is 30.3 Å². The molecule has 0 saturated heterocycles. The van der Waals surface area contributed by atoms with Gasteiger partial charge in [0, 0.05) is 12.0 Å². The quantitative estimate of drug-likeness (QED) is 0.862. The van der Waals surface area contributed by atoms with Crippen LogP contribution in [0.15, 0.2) is 47.4 Å². The Hall–Kier alpha value is -2.61. The molecule has 0 fully saturated rings. The van der Waals surface area contributed by atoms with Crippen LogP contribution in [0.1, 0.15) is 12.5 Å². The zero-order valence-corrected chi connectivity index (χ0v) is 14.9. The van der Waals surface area contributed by atoms with Gasteiger partial charge in [-0.1, -0.05) is 19.1 Å². The van der Waals surface area contributed by atoms with E-state index in [0.717, 1.165) is 0 Å². The Balaban J connectivity index is 1.71. The van der Waals surface area contributed by atoms with Gasteiger partial charge in [-0.25, -0.2) is 17.5 Å². The van der Waals surface area contributed by atoms with Crippen LogP contribution in [-0.2, 0) is 21.2 Å². The maximum absolute atomic E-state index is 13.2. The molecule has 0 unspecified atom stereocenters. The number of hydrogen-bond acceptors (Lipinski definition) is 5. The molecule has 1 heterocycles. The third kappa shape index (κ3) is 4.13. The summed E-state index contributed by atoms with van der Waals surface area (Å²) in [6, 6.07) is 10.0. The highest BCUT2D eigenvalue weighted by atomic mass is 32.2. The number of carbonyl (C=O) groups excluding carboxylic acids is 1. The molecule has 0 saturated carbocycles. The van der Waals surface area contributed by atoms with Crippen LogP contribution in [0.3, 0.4) is 0 Å². The summed E-state index contributed by atoms with van der Waals surface area (Å²) in [6.07, 6.45) is 0.222. The third-order valence-corrected chi connectivity index (χ3v) is 5.28. The van der Waals surface area contributed by atoms with Crippen LogP contribution in [0.5, 0.6) is 11.5 Å². The van der Waals surface area contributed by atoms with E-state index in [1.54, 1.807) is 19.1 Å². The van der Waals surface area contributed by atoms with Gasteiger partial charge >= 0.3 is 0 Å². The van der Waals surface area contributed by atoms with E-state index in [2.05, 4.69) is 4.72 Å². The average Bonchev–Trinajstić information content (AvgIpc) is 2.61. The molecule has 0 spiro atoms. The van der Waals surface area contributed by atoms with Crippen LogP contribution in [0, 0.1) is 11.7 Å². The molecule has 0 bridgehead atoms. The summed E-state index contributed by atoms with van der Waals surface area (Å²) in [5.74, 6) is -0.938. The predicted molar refractivity (Wildman–Crippen MR) is 92.0 cm³/mol. The summed E-state index contributed by atoms with van der Waals surface area (Å²) >= 11 is 0. The highest BCUT2D eigenvalue weighted by Crippen LogP contribution is 2.32. The minimum absolute atomic E-state index is 0.0898. The summed E-state index contributed by atoms with van der Waals surface area (Å²) in [7, 11) is -4.05. The van der Waals surface area contributed by atoms with Gasteiger partial charge in [-0.3, -0.25) is 4.79 Å². The van der Waals surface area contributed by atoms with Crippen molar-refractivity contribution in [2.75, 3.05) is 13.2 Å². The van der Waals surface area contributed by atoms with Crippen molar-refractivity contribution in [1.29, 1.82) is 0 Å². The molecule has 3 rings (SSSR count). The number of rotatable bonds is 5. The molecule has 26 heavy (non-hydrogen) atoms. The van der Waals surface area contributed by atoms with Crippen LogP contribution in [-0.4, -0.2) is 27.5 Å². The van der Waals surface area contributed by atoms with Crippen molar-refractivity contribution < 1.29 is 27.1 Å². The van der Waals surface area contributed by atoms with Gasteiger partial charge in [-0.2, -0.15) is 0 Å². The van der Waals surface area contributed by atoms with Gasteiger partial charge in [-0.05, 0) is 36.2 Å². The molecule has 8 heteroatoms. The molecule has 0 aliphatic carbocycles. The van der Waals surface area contributed by atoms with Gasteiger partial charge < -0.3 is 9.47 Å². The standard InChI is InChI=1S/C18H18FNO5S/c1-12(9-13-3-2-4-14(19)10-13)18(21)20-26(22,23)15-5-6-16-17(11-15)25-8-7-24-16/h2-6,10-12H,7-9H2,1H3,(H,20,21)/t12-/m1/s1. The Labute approximate surface area is 151 Å². The van der Waals surface area contributed by atoms with Gasteiger partial charge in [0.05, 0.1) is 4.90 Å². The van der Waals surface area contributed by atoms with Crippen molar-refractivity contribution in [3.8, 4) is 11.5 Å². The van der Waals surface area contributed by atoms with E-state index in [1.807, 2.05) is 0 Å². The lowest BCUT2D eigenvalue weighted by Crippen LogP contribution is -2.35. The van der Waals surface area contributed by atoms with Crippen LogP contribution >= 0.6 is 0 Å². The second-order valence-corrected chi connectivity index (χ2v) is 7.69. The Bertz CT molecular complexity index is 929. The molecule has 1 aliphatic rings. The molecular weight excluding hydrogens is 361 g/mol. The van der Waals surface area contributed by atoms with Crippen LogP contribution in [0.2, 0.25) is 0 Å². The summed E-state index contributed by atoms with van der Waals surface area (Å²) < 4.78 is 50.9. The van der Waals surface area contributed by atoms with Crippen molar-refractivity contribution in [1.82, 2.24) is 4.72 Å². The number of amides is 1. The Kier molecular flexibility index (Phi) is 5.13. The monoisotopic (exact) mass is 379 g/mol. The van der Waals surface area contributed by atoms with Gasteiger partial charge in [0.2, 0.25) is 5.91 Å². The molecular formula is C18H18FNO5S. The Morgan fingerprint density at radius 2 is 1.88 bits per heavy atom. The fourth-order valence-corrected chi connectivity index (χ4v) is 3.69. The molecule has 0 aromatic heterocycles. The minimum Gasteiger partial charge on any atom is -0.486 e. The molecule has 1 N–H and O–H groups in total. The first-order chi connectivity index (χ1) is 12.3. The number of carbonyl (C=O) groups is 1. The SMILES string of the molecule is C[C@H](Cc1cccc(F)c1)C(=O)NS(=O)(=O)c1ccc2c(c1)OCCO2. The van der Waals surface area contributed by atoms with Gasteiger partial charge in [-0.15, -0.1) is 0 Å². The third-order valence-electron chi connectivity index (χ3n) is 3.94. The van der Waals surface area contributed by atoms with Gasteiger partial charge in [0.25, 0.3) is 10.0 Å². The zero-order valence-electron chi connectivity index (χ0n) is 14.1. The minimum atomic E-state index is -4.05. The zero-order chi connectivity index (χ0) is 18.7. The summed E-state index contributed by atoms with van der Waals surface area (Å²) in [4.78, 5) is 12.2. The first kappa shape index (κ1) is 18.2. The van der Waals surface area contributed by atoms with Crippen LogP contribution in [0.4, 0.5) is 4.39 Å². The molecule has 138 valence electrons. The van der Waals surface area contributed by atoms with Crippen LogP contribution in [0.25, 0.3) is 0 Å². The number of fused-ring (bicyclic) bond motifs is 1. The maximum Gasteiger partial charge on any atom is 0.264 e. The smallest absolute Gasteiger partial charge is 0.264 e. The molecule has 6 nitrogen and oxygen atoms in total. The molecule has 1 amide bonds. The maximum atomic E-state index is 13.2. The highest BCUT2D eigenvalue weighted by molar-refractivity contribution is 7.90. The lowest BCUT2D eigenvalue weighted by molar-refractivity contribution is -0.122. The summed E-state index contributed by atoms with van der Waals surface area (Å²) in [5, 5.41) is 0. The van der Waals surface area contributed by atoms with Gasteiger partial charge in [0.15, 0.2) is 11.5 Å². The first-order valence-electron chi connectivity index (χ1n) is 8.06. The fourth-order valence-electron chi connectivity index (χ4n) is 2.59. The van der Waals surface area contributed by atoms with E-state index in [0.29, 0.717) is 30.3 Å². The first-order valence-corrected chi connectivity index (χ1v) is 9.54. The largest absolute Gasteiger partial charge is 0.486 e. The molecule has 2 aromatic carbocycles. The molecule has 0 radical (unpaired) electrons. The van der Waals surface area contributed by atoms with Crippen molar-refractivity contribution in [3.05, 3.63) is 53.8 Å². The van der Waals surface area contributed by atoms with Crippen molar-refractivity contribution in [2.45, 2.75) is 18.2 Å². The number of sulfonamides is 1. The predicted octanol–water partition coefficient (Wildman–Crippen LogP) is 2.28. The Morgan fingerprint density at radius 1 is 1.15 bits per heavy atom. The normalized spacial score (nSPS) is 14.5. The summed E-state index contributed by atoms with van der Waals surface area (Å²) in [6.45, 7) is 2.31. The van der Waals surface area contributed by atoms with E-state index in [-0.39, 0.29) is 11.3 Å². The molecule has 2 aromatic rings. The number of benzene rings is 2. The fraction of sp³-hybridized carbons (Fsp3) is 0.278. The van der Waals surface area contributed by atoms with E-state index in [4.69, 9.17) is 9.47 Å². The summed E-state index contributed by atoms with van der Waals surface area (Å²) in [5.41, 5.74) is 0.615. The van der Waals surface area contributed by atoms with Gasteiger partial charge in [0.1, 0.15) is 19.0 Å². The molecule has 1 atom stereocenters. The van der Waals surface area contributed by atoms with E-state index >= 15 is 0 Å². The van der Waals surface area contributed by atoms with E-state index in [9.17, 15) is 17.6 Å². The van der Waals surface area contributed by atoms with Crippen molar-refractivity contribution in [2.24, 2.45) is 5.92 Å². The lowest BCUT2D eigenvalue weighted by Gasteiger charge is -2.19. The van der Waals surface area contributed by atoms with Crippen molar-refractivity contribution in [3.63, 3.8) is 0 Å². The number of halogens is 1. The molecule has 1 aliphatic heterocycles. The average molecular weight is 379 g/mol. The van der Waals surface area contributed by atoms with Crippen molar-refractivity contribution >= 4 is 15.9 Å². The topological polar surface area (TPSA) is 81.7 Å². The highest BCUT2D eigenvalue weighted by Gasteiger charge is 2.24. The second-order valence-electron chi connectivity index (χ2n) is 6.01. The number of nitrogens with one attached hydrogen (secondary N) is 1. The lowest BCUT2D eigenvalue weighted by atomic mass is 10.0.